The van der Waals surface area contributed by atoms with Crippen LogP contribution in [0.15, 0.2) is 40.6 Å². The number of carbonyl (C=O) groups is 1. The van der Waals surface area contributed by atoms with Crippen molar-refractivity contribution in [3.05, 3.63) is 56.6 Å². The van der Waals surface area contributed by atoms with Gasteiger partial charge in [0.2, 0.25) is 0 Å². The normalized spacial score (nSPS) is 16.2. The first-order chi connectivity index (χ1) is 11.6. The number of carbonyl (C=O) groups excluding carboxylic acids is 1. The van der Waals surface area contributed by atoms with Crippen molar-refractivity contribution in [2.75, 3.05) is 26.2 Å². The van der Waals surface area contributed by atoms with Crippen LogP contribution in [0.3, 0.4) is 0 Å². The summed E-state index contributed by atoms with van der Waals surface area (Å²) in [6, 6.07) is 7.64. The highest BCUT2D eigenvalue weighted by Gasteiger charge is 2.21. The number of hydrogen-bond donors (Lipinski definition) is 1. The molecular weight excluding hydrogens is 322 g/mol. The molecule has 1 amide bonds. The maximum Gasteiger partial charge on any atom is 0.263 e. The first kappa shape index (κ1) is 16.9. The van der Waals surface area contributed by atoms with Crippen LogP contribution in [-0.2, 0) is 7.05 Å². The van der Waals surface area contributed by atoms with E-state index in [9.17, 15) is 9.59 Å². The summed E-state index contributed by atoms with van der Waals surface area (Å²) in [5.41, 5.74) is -0.0526. The number of piperidine rings is 1. The summed E-state index contributed by atoms with van der Waals surface area (Å²) in [5.74, 6) is 0.396. The highest BCUT2D eigenvalue weighted by molar-refractivity contribution is 7.10. The van der Waals surface area contributed by atoms with E-state index in [4.69, 9.17) is 0 Å². The molecule has 0 spiro atoms. The van der Waals surface area contributed by atoms with E-state index in [1.807, 2.05) is 11.3 Å². The first-order valence-electron chi connectivity index (χ1n) is 8.35. The topological polar surface area (TPSA) is 54.3 Å². The summed E-state index contributed by atoms with van der Waals surface area (Å²) in [6.07, 6.45) is 4.00. The molecule has 0 aromatic carbocycles. The summed E-state index contributed by atoms with van der Waals surface area (Å²) in [6.45, 7) is 3.52. The number of aromatic nitrogens is 1. The quantitative estimate of drug-likeness (QED) is 0.902. The number of nitrogens with zero attached hydrogens (tertiary/aromatic N) is 2. The van der Waals surface area contributed by atoms with E-state index < -0.39 is 0 Å². The Morgan fingerprint density at radius 1 is 1.29 bits per heavy atom. The van der Waals surface area contributed by atoms with Gasteiger partial charge < -0.3 is 14.8 Å². The Kier molecular flexibility index (Phi) is 5.48. The lowest BCUT2D eigenvalue weighted by atomic mass is 9.95. The van der Waals surface area contributed by atoms with Crippen LogP contribution >= 0.6 is 11.3 Å². The van der Waals surface area contributed by atoms with Crippen LogP contribution in [0.5, 0.6) is 0 Å². The van der Waals surface area contributed by atoms with Gasteiger partial charge in [-0.25, -0.2) is 0 Å². The van der Waals surface area contributed by atoms with Crippen LogP contribution in [-0.4, -0.2) is 41.6 Å². The van der Waals surface area contributed by atoms with Crippen molar-refractivity contribution in [2.24, 2.45) is 7.05 Å². The van der Waals surface area contributed by atoms with E-state index in [1.54, 1.807) is 25.4 Å². The smallest absolute Gasteiger partial charge is 0.263 e. The summed E-state index contributed by atoms with van der Waals surface area (Å²) in [5, 5.41) is 5.01. The molecule has 1 saturated heterocycles. The van der Waals surface area contributed by atoms with Crippen LogP contribution in [0.25, 0.3) is 0 Å². The molecule has 1 aliphatic rings. The third-order valence-corrected chi connectivity index (χ3v) is 5.65. The molecule has 3 rings (SSSR count). The highest BCUT2D eigenvalue weighted by Crippen LogP contribution is 2.30. The molecule has 6 heteroatoms. The second-order valence-corrected chi connectivity index (χ2v) is 7.20. The lowest BCUT2D eigenvalue weighted by Crippen LogP contribution is -2.40. The predicted octanol–water partition coefficient (Wildman–Crippen LogP) is 2.06. The Hall–Kier alpha value is -1.92. The number of nitrogens with one attached hydrogen (secondary N) is 1. The molecule has 2 aromatic heterocycles. The van der Waals surface area contributed by atoms with E-state index >= 15 is 0 Å². The van der Waals surface area contributed by atoms with Gasteiger partial charge in [-0.2, -0.15) is 0 Å². The number of hydrogen-bond acceptors (Lipinski definition) is 4. The summed E-state index contributed by atoms with van der Waals surface area (Å²) < 4.78 is 1.42. The van der Waals surface area contributed by atoms with Crippen molar-refractivity contribution in [1.29, 1.82) is 0 Å². The van der Waals surface area contributed by atoms with Crippen molar-refractivity contribution in [3.63, 3.8) is 0 Å². The van der Waals surface area contributed by atoms with Gasteiger partial charge in [0.15, 0.2) is 0 Å². The Labute approximate surface area is 145 Å². The number of amides is 1. The van der Waals surface area contributed by atoms with Crippen molar-refractivity contribution in [3.8, 4) is 0 Å². The minimum Gasteiger partial charge on any atom is -0.351 e. The van der Waals surface area contributed by atoms with Gasteiger partial charge >= 0.3 is 0 Å². The average molecular weight is 345 g/mol. The van der Waals surface area contributed by atoms with E-state index in [0.717, 1.165) is 19.6 Å². The van der Waals surface area contributed by atoms with E-state index in [-0.39, 0.29) is 17.0 Å². The van der Waals surface area contributed by atoms with E-state index in [1.165, 1.54) is 22.3 Å². The molecule has 2 aromatic rings. The van der Waals surface area contributed by atoms with Gasteiger partial charge in [0.25, 0.3) is 11.5 Å². The molecule has 1 aliphatic heterocycles. The van der Waals surface area contributed by atoms with Crippen LogP contribution in [0, 0.1) is 0 Å². The molecule has 1 N–H and O–H groups in total. The number of aryl methyl sites for hydroxylation is 1. The molecule has 3 heterocycles. The molecular formula is C18H23N3O2S. The van der Waals surface area contributed by atoms with Crippen LogP contribution < -0.4 is 10.9 Å². The zero-order valence-corrected chi connectivity index (χ0v) is 14.7. The molecule has 0 bridgehead atoms. The first-order valence-corrected chi connectivity index (χ1v) is 9.22. The number of pyridine rings is 1. The van der Waals surface area contributed by atoms with E-state index in [2.05, 4.69) is 27.7 Å². The largest absolute Gasteiger partial charge is 0.351 e. The molecule has 24 heavy (non-hydrogen) atoms. The van der Waals surface area contributed by atoms with E-state index in [0.29, 0.717) is 12.5 Å². The summed E-state index contributed by atoms with van der Waals surface area (Å²) in [7, 11) is 1.65. The van der Waals surface area contributed by atoms with Crippen molar-refractivity contribution < 1.29 is 4.79 Å². The molecule has 0 saturated carbocycles. The Morgan fingerprint density at radius 2 is 2.08 bits per heavy atom. The number of likely N-dealkylation sites (tertiary alicyclic amines) is 1. The molecule has 5 nitrogen and oxygen atoms in total. The van der Waals surface area contributed by atoms with Crippen molar-refractivity contribution >= 4 is 17.2 Å². The molecule has 1 fully saturated rings. The van der Waals surface area contributed by atoms with Crippen LogP contribution in [0.2, 0.25) is 0 Å². The van der Waals surface area contributed by atoms with Gasteiger partial charge in [-0.3, -0.25) is 9.59 Å². The molecule has 0 radical (unpaired) electrons. The predicted molar refractivity (Wildman–Crippen MR) is 96.8 cm³/mol. The molecule has 0 unspecified atom stereocenters. The van der Waals surface area contributed by atoms with Gasteiger partial charge in [0.1, 0.15) is 5.56 Å². The SMILES string of the molecule is Cn1cccc(C(=O)NCCN2CCC(c3cccs3)CC2)c1=O. The fraction of sp³-hybridized carbons (Fsp3) is 0.444. The van der Waals surface area contributed by atoms with Gasteiger partial charge in [-0.15, -0.1) is 11.3 Å². The fourth-order valence-electron chi connectivity index (χ4n) is 3.16. The Bertz CT molecular complexity index is 731. The minimum absolute atomic E-state index is 0.205. The molecule has 128 valence electrons. The molecule has 0 aliphatic carbocycles. The van der Waals surface area contributed by atoms with Gasteiger partial charge in [-0.05, 0) is 55.4 Å². The zero-order chi connectivity index (χ0) is 16.9. The van der Waals surface area contributed by atoms with Crippen molar-refractivity contribution in [1.82, 2.24) is 14.8 Å². The second-order valence-electron chi connectivity index (χ2n) is 6.23. The van der Waals surface area contributed by atoms with Crippen molar-refractivity contribution in [2.45, 2.75) is 18.8 Å². The van der Waals surface area contributed by atoms with Gasteiger partial charge in [0, 0.05) is 31.2 Å². The lowest BCUT2D eigenvalue weighted by molar-refractivity contribution is 0.0944. The second kappa shape index (κ2) is 7.77. The highest BCUT2D eigenvalue weighted by atomic mass is 32.1. The zero-order valence-electron chi connectivity index (χ0n) is 13.9. The summed E-state index contributed by atoms with van der Waals surface area (Å²) in [4.78, 5) is 27.9. The summed E-state index contributed by atoms with van der Waals surface area (Å²) >= 11 is 1.85. The minimum atomic E-state index is -0.287. The standard InChI is InChI=1S/C18H23N3O2S/c1-20-9-2-4-15(18(20)23)17(22)19-8-12-21-10-6-14(7-11-21)16-5-3-13-24-16/h2-5,9,13-14H,6-8,10-12H2,1H3,(H,19,22). The molecule has 0 atom stereocenters. The van der Waals surface area contributed by atoms with Crippen LogP contribution in [0.4, 0.5) is 0 Å². The Morgan fingerprint density at radius 3 is 2.79 bits per heavy atom. The van der Waals surface area contributed by atoms with Gasteiger partial charge in [0.05, 0.1) is 0 Å². The maximum atomic E-state index is 12.1. The maximum absolute atomic E-state index is 12.1. The average Bonchev–Trinajstić information content (AvgIpc) is 3.12. The van der Waals surface area contributed by atoms with Gasteiger partial charge in [-0.1, -0.05) is 6.07 Å². The lowest BCUT2D eigenvalue weighted by Gasteiger charge is -2.31. The fourth-order valence-corrected chi connectivity index (χ4v) is 4.06. The van der Waals surface area contributed by atoms with Crippen LogP contribution in [0.1, 0.15) is 34.0 Å². The number of thiophene rings is 1. The third-order valence-electron chi connectivity index (χ3n) is 4.61. The number of rotatable bonds is 5. The third kappa shape index (κ3) is 3.94. The Balaban J connectivity index is 1.43. The monoisotopic (exact) mass is 345 g/mol.